The fraction of sp³-hybridized carbons (Fsp3) is 0.115. The van der Waals surface area contributed by atoms with Crippen molar-refractivity contribution in [2.75, 3.05) is 0 Å². The minimum Gasteiger partial charge on any atom is -0.478 e. The number of fused-ring (bicyclic) bond motifs is 1. The Bertz CT molecular complexity index is 1400. The Kier molecular flexibility index (Phi) is 7.52. The average Bonchev–Trinajstić information content (AvgIpc) is 3.22. The van der Waals surface area contributed by atoms with E-state index in [9.17, 15) is 14.9 Å². The number of hydrogen-bond donors (Lipinski definition) is 2. The second-order valence-electron chi connectivity index (χ2n) is 7.55. The third-order valence-corrected chi connectivity index (χ3v) is 4.82. The monoisotopic (exact) mass is 454 g/mol. The molecule has 4 aromatic rings. The summed E-state index contributed by atoms with van der Waals surface area (Å²) in [5.74, 6) is -1.92. The molecule has 0 amide bonds. The first kappa shape index (κ1) is 23.9. The standard InChI is InChI=1S/C17H14N4O2.C9H8O2/c1-10(2)21-16-4-3-11(7-13(16)15(9-18)20-21)14-8-12(17(22)23)5-6-19-14;10-9(11)7-6-8-4-2-1-3-5-8/h3-8,10H,1-2H3,(H,22,23);1-7H,(H,10,11). The van der Waals surface area contributed by atoms with Crippen LogP contribution in [-0.4, -0.2) is 36.9 Å². The van der Waals surface area contributed by atoms with Gasteiger partial charge in [-0.2, -0.15) is 10.4 Å². The lowest BCUT2D eigenvalue weighted by molar-refractivity contribution is -0.131. The van der Waals surface area contributed by atoms with Crippen LogP contribution in [0.2, 0.25) is 0 Å². The highest BCUT2D eigenvalue weighted by molar-refractivity contribution is 5.91. The molecule has 0 aliphatic carbocycles. The van der Waals surface area contributed by atoms with Crippen molar-refractivity contribution in [3.8, 4) is 17.3 Å². The fourth-order valence-electron chi connectivity index (χ4n) is 3.23. The molecule has 2 N–H and O–H groups in total. The Morgan fingerprint density at radius 3 is 2.41 bits per heavy atom. The van der Waals surface area contributed by atoms with Gasteiger partial charge < -0.3 is 10.2 Å². The highest BCUT2D eigenvalue weighted by atomic mass is 16.4. The van der Waals surface area contributed by atoms with E-state index in [-0.39, 0.29) is 11.6 Å². The van der Waals surface area contributed by atoms with Crippen molar-refractivity contribution in [3.63, 3.8) is 0 Å². The predicted octanol–water partition coefficient (Wildman–Crippen LogP) is 5.03. The van der Waals surface area contributed by atoms with Gasteiger partial charge in [-0.3, -0.25) is 9.67 Å². The van der Waals surface area contributed by atoms with Gasteiger partial charge >= 0.3 is 11.9 Å². The lowest BCUT2D eigenvalue weighted by Gasteiger charge is -2.07. The number of rotatable bonds is 5. The van der Waals surface area contributed by atoms with Crippen molar-refractivity contribution < 1.29 is 19.8 Å². The molecule has 8 nitrogen and oxygen atoms in total. The van der Waals surface area contributed by atoms with E-state index in [0.29, 0.717) is 11.4 Å². The van der Waals surface area contributed by atoms with Gasteiger partial charge in [-0.15, -0.1) is 0 Å². The quantitative estimate of drug-likeness (QED) is 0.404. The molecule has 2 heterocycles. The first-order chi connectivity index (χ1) is 16.3. The first-order valence-electron chi connectivity index (χ1n) is 10.4. The van der Waals surface area contributed by atoms with E-state index in [1.165, 1.54) is 18.3 Å². The van der Waals surface area contributed by atoms with Crippen LogP contribution in [0.15, 0.2) is 72.9 Å². The third kappa shape index (κ3) is 5.72. The van der Waals surface area contributed by atoms with Crippen LogP contribution in [0, 0.1) is 11.3 Å². The van der Waals surface area contributed by atoms with Crippen LogP contribution >= 0.6 is 0 Å². The van der Waals surface area contributed by atoms with Gasteiger partial charge in [0.05, 0.1) is 16.8 Å². The van der Waals surface area contributed by atoms with Crippen LogP contribution in [0.1, 0.15) is 41.5 Å². The maximum Gasteiger partial charge on any atom is 0.335 e. The summed E-state index contributed by atoms with van der Waals surface area (Å²) in [7, 11) is 0. The summed E-state index contributed by atoms with van der Waals surface area (Å²) in [4.78, 5) is 25.4. The Morgan fingerprint density at radius 1 is 1.06 bits per heavy atom. The van der Waals surface area contributed by atoms with Crippen LogP contribution in [-0.2, 0) is 4.79 Å². The molecule has 0 saturated heterocycles. The predicted molar refractivity (Wildman–Crippen MR) is 128 cm³/mol. The number of hydrogen-bond acceptors (Lipinski definition) is 5. The number of carboxylic acids is 2. The van der Waals surface area contributed by atoms with Gasteiger partial charge in [0.2, 0.25) is 0 Å². The summed E-state index contributed by atoms with van der Waals surface area (Å²) in [5.41, 5.74) is 3.59. The van der Waals surface area contributed by atoms with E-state index in [2.05, 4.69) is 16.2 Å². The fourth-order valence-corrected chi connectivity index (χ4v) is 3.23. The minimum atomic E-state index is -1.000. The zero-order valence-electron chi connectivity index (χ0n) is 18.6. The topological polar surface area (TPSA) is 129 Å². The highest BCUT2D eigenvalue weighted by Gasteiger charge is 2.14. The minimum absolute atomic E-state index is 0.138. The number of carbonyl (C=O) groups is 2. The molecular weight excluding hydrogens is 432 g/mol. The molecule has 0 unspecified atom stereocenters. The summed E-state index contributed by atoms with van der Waals surface area (Å²) >= 11 is 0. The maximum absolute atomic E-state index is 11.1. The van der Waals surface area contributed by atoms with Crippen LogP contribution in [0.3, 0.4) is 0 Å². The lowest BCUT2D eigenvalue weighted by atomic mass is 10.1. The normalized spacial score (nSPS) is 10.6. The smallest absolute Gasteiger partial charge is 0.335 e. The van der Waals surface area contributed by atoms with Crippen LogP contribution in [0.4, 0.5) is 0 Å². The molecule has 0 fully saturated rings. The van der Waals surface area contributed by atoms with Crippen molar-refractivity contribution in [1.29, 1.82) is 5.26 Å². The number of benzene rings is 2. The molecule has 0 aliphatic rings. The van der Waals surface area contributed by atoms with E-state index >= 15 is 0 Å². The van der Waals surface area contributed by atoms with E-state index in [1.54, 1.807) is 10.8 Å². The second kappa shape index (κ2) is 10.7. The third-order valence-electron chi connectivity index (χ3n) is 4.82. The molecule has 2 aromatic carbocycles. The van der Waals surface area contributed by atoms with Gasteiger partial charge in [0.15, 0.2) is 5.69 Å². The number of nitriles is 1. The van der Waals surface area contributed by atoms with Gasteiger partial charge in [-0.1, -0.05) is 36.4 Å². The largest absolute Gasteiger partial charge is 0.478 e. The SMILES string of the molecule is CC(C)n1nc(C#N)c2cc(-c3cc(C(=O)O)ccn3)ccc21.O=C(O)C=Cc1ccccc1. The van der Waals surface area contributed by atoms with E-state index in [1.807, 2.05) is 62.4 Å². The molecule has 170 valence electrons. The summed E-state index contributed by atoms with van der Waals surface area (Å²) in [5, 5.41) is 31.7. The van der Waals surface area contributed by atoms with E-state index in [0.717, 1.165) is 28.1 Å². The lowest BCUT2D eigenvalue weighted by Crippen LogP contribution is -2.02. The molecule has 4 rings (SSSR count). The summed E-state index contributed by atoms with van der Waals surface area (Å²) < 4.78 is 1.80. The number of nitrogens with zero attached hydrogens (tertiary/aromatic N) is 4. The molecule has 0 spiro atoms. The van der Waals surface area contributed by atoms with Crippen LogP contribution < -0.4 is 0 Å². The highest BCUT2D eigenvalue weighted by Crippen LogP contribution is 2.27. The number of aromatic carboxylic acids is 1. The maximum atomic E-state index is 11.1. The second-order valence-corrected chi connectivity index (χ2v) is 7.55. The zero-order chi connectivity index (χ0) is 24.7. The molecule has 8 heteroatoms. The van der Waals surface area contributed by atoms with Crippen LogP contribution in [0.5, 0.6) is 0 Å². The van der Waals surface area contributed by atoms with E-state index in [4.69, 9.17) is 10.2 Å². The summed E-state index contributed by atoms with van der Waals surface area (Å²) in [6.45, 7) is 4.00. The van der Waals surface area contributed by atoms with Crippen molar-refractivity contribution in [2.24, 2.45) is 0 Å². The number of pyridine rings is 1. The first-order valence-corrected chi connectivity index (χ1v) is 10.4. The Morgan fingerprint density at radius 2 is 1.79 bits per heavy atom. The van der Waals surface area contributed by atoms with Gasteiger partial charge in [0, 0.05) is 29.3 Å². The molecule has 0 saturated carbocycles. The molecule has 0 bridgehead atoms. The van der Waals surface area contributed by atoms with Gasteiger partial charge in [0.25, 0.3) is 0 Å². The molecule has 34 heavy (non-hydrogen) atoms. The van der Waals surface area contributed by atoms with Gasteiger partial charge in [-0.05, 0) is 49.8 Å². The molecule has 2 aromatic heterocycles. The van der Waals surface area contributed by atoms with Gasteiger partial charge in [0.1, 0.15) is 6.07 Å². The molecular formula is C26H22N4O4. The Hall–Kier alpha value is -4.77. The number of aliphatic carboxylic acids is 1. The molecule has 0 aliphatic heterocycles. The number of aromatic nitrogens is 3. The molecule has 0 radical (unpaired) electrons. The van der Waals surface area contributed by atoms with Gasteiger partial charge in [-0.25, -0.2) is 9.59 Å². The van der Waals surface area contributed by atoms with Crippen LogP contribution in [0.25, 0.3) is 28.2 Å². The van der Waals surface area contributed by atoms with Crippen molar-refractivity contribution in [3.05, 3.63) is 89.8 Å². The summed E-state index contributed by atoms with van der Waals surface area (Å²) in [6, 6.07) is 20.1. The van der Waals surface area contributed by atoms with Crippen molar-refractivity contribution in [1.82, 2.24) is 14.8 Å². The van der Waals surface area contributed by atoms with E-state index < -0.39 is 11.9 Å². The Balaban J connectivity index is 0.000000248. The average molecular weight is 454 g/mol. The van der Waals surface area contributed by atoms with Crippen molar-refractivity contribution >= 4 is 28.9 Å². The zero-order valence-corrected chi connectivity index (χ0v) is 18.6. The molecule has 0 atom stereocenters. The Labute approximate surface area is 196 Å². The summed E-state index contributed by atoms with van der Waals surface area (Å²) in [6.07, 6.45) is 4.14. The number of carboxylic acid groups (broad SMARTS) is 2. The van der Waals surface area contributed by atoms with Crippen molar-refractivity contribution in [2.45, 2.75) is 19.9 Å².